The third-order valence-corrected chi connectivity index (χ3v) is 5.12. The number of carbonyl (C=O) groups is 2. The van der Waals surface area contributed by atoms with Gasteiger partial charge in [-0.05, 0) is 56.0 Å². The maximum atomic E-state index is 12.9. The first-order chi connectivity index (χ1) is 13.9. The van der Waals surface area contributed by atoms with Crippen LogP contribution in [0.15, 0.2) is 48.5 Å². The number of hydrogen-bond acceptors (Lipinski definition) is 3. The standard InChI is InChI=1S/C23H29ClN2O3/c1-4-13-25-23(28)18(3)26(14-12-19-8-6-5-7-9-19)22(27)16-29-20-10-11-21(24)17(2)15-20/h5-11,15,18H,4,12-14,16H2,1-3H3,(H,25,28). The van der Waals surface area contributed by atoms with E-state index in [1.54, 1.807) is 30.0 Å². The molecular weight excluding hydrogens is 388 g/mol. The average molecular weight is 417 g/mol. The largest absolute Gasteiger partial charge is 0.484 e. The minimum Gasteiger partial charge on any atom is -0.484 e. The lowest BCUT2D eigenvalue weighted by Gasteiger charge is -2.28. The SMILES string of the molecule is CCCNC(=O)C(C)N(CCc1ccccc1)C(=O)COc1ccc(Cl)c(C)c1. The summed E-state index contributed by atoms with van der Waals surface area (Å²) in [6.07, 6.45) is 1.51. The fraction of sp³-hybridized carbons (Fsp3) is 0.391. The Morgan fingerprint density at radius 1 is 1.17 bits per heavy atom. The Hall–Kier alpha value is -2.53. The van der Waals surface area contributed by atoms with E-state index >= 15 is 0 Å². The molecule has 156 valence electrons. The fourth-order valence-corrected chi connectivity index (χ4v) is 3.02. The second kappa shape index (κ2) is 11.5. The first kappa shape index (κ1) is 22.8. The molecule has 0 saturated carbocycles. The Morgan fingerprint density at radius 2 is 1.90 bits per heavy atom. The second-order valence-electron chi connectivity index (χ2n) is 6.99. The number of carbonyl (C=O) groups excluding carboxylic acids is 2. The third-order valence-electron chi connectivity index (χ3n) is 4.69. The van der Waals surface area contributed by atoms with Gasteiger partial charge in [0.1, 0.15) is 11.8 Å². The molecule has 0 aliphatic heterocycles. The molecule has 6 heteroatoms. The number of rotatable bonds is 10. The van der Waals surface area contributed by atoms with E-state index < -0.39 is 6.04 Å². The Labute approximate surface area is 178 Å². The Kier molecular flexibility index (Phi) is 9.00. The molecule has 0 aliphatic carbocycles. The summed E-state index contributed by atoms with van der Waals surface area (Å²) in [5.41, 5.74) is 1.99. The molecule has 0 aliphatic rings. The zero-order chi connectivity index (χ0) is 21.2. The van der Waals surface area contributed by atoms with Gasteiger partial charge in [0.25, 0.3) is 5.91 Å². The molecule has 2 aromatic carbocycles. The Bertz CT molecular complexity index is 811. The maximum Gasteiger partial charge on any atom is 0.261 e. The minimum atomic E-state index is -0.576. The molecule has 1 unspecified atom stereocenters. The van der Waals surface area contributed by atoms with Crippen molar-refractivity contribution < 1.29 is 14.3 Å². The number of ether oxygens (including phenoxy) is 1. The van der Waals surface area contributed by atoms with Crippen molar-refractivity contribution in [1.29, 1.82) is 0 Å². The molecule has 0 heterocycles. The topological polar surface area (TPSA) is 58.6 Å². The zero-order valence-electron chi connectivity index (χ0n) is 17.3. The number of aryl methyl sites for hydroxylation is 1. The summed E-state index contributed by atoms with van der Waals surface area (Å²) in [4.78, 5) is 26.9. The summed E-state index contributed by atoms with van der Waals surface area (Å²) < 4.78 is 5.67. The zero-order valence-corrected chi connectivity index (χ0v) is 18.0. The molecule has 0 bridgehead atoms. The highest BCUT2D eigenvalue weighted by Crippen LogP contribution is 2.21. The number of halogens is 1. The summed E-state index contributed by atoms with van der Waals surface area (Å²) in [5, 5.41) is 3.51. The number of nitrogens with one attached hydrogen (secondary N) is 1. The molecule has 0 spiro atoms. The van der Waals surface area contributed by atoms with Crippen LogP contribution in [0.3, 0.4) is 0 Å². The van der Waals surface area contributed by atoms with Gasteiger partial charge in [-0.1, -0.05) is 48.9 Å². The van der Waals surface area contributed by atoms with Gasteiger partial charge < -0.3 is 15.0 Å². The molecule has 0 fully saturated rings. The number of nitrogens with zero attached hydrogens (tertiary/aromatic N) is 1. The fourth-order valence-electron chi connectivity index (χ4n) is 2.90. The van der Waals surface area contributed by atoms with Crippen molar-refractivity contribution in [1.82, 2.24) is 10.2 Å². The number of hydrogen-bond donors (Lipinski definition) is 1. The Balaban J connectivity index is 2.05. The second-order valence-corrected chi connectivity index (χ2v) is 7.40. The van der Waals surface area contributed by atoms with Gasteiger partial charge in [-0.15, -0.1) is 0 Å². The van der Waals surface area contributed by atoms with Crippen LogP contribution in [0, 0.1) is 6.92 Å². The van der Waals surface area contributed by atoms with Gasteiger partial charge in [-0.25, -0.2) is 0 Å². The van der Waals surface area contributed by atoms with E-state index in [-0.39, 0.29) is 18.4 Å². The number of amides is 2. The quantitative estimate of drug-likeness (QED) is 0.636. The lowest BCUT2D eigenvalue weighted by atomic mass is 10.1. The van der Waals surface area contributed by atoms with E-state index in [1.165, 1.54) is 0 Å². The predicted octanol–water partition coefficient (Wildman–Crippen LogP) is 4.01. The first-order valence-corrected chi connectivity index (χ1v) is 10.3. The molecular formula is C23H29ClN2O3. The minimum absolute atomic E-state index is 0.138. The molecule has 2 aromatic rings. The van der Waals surface area contributed by atoms with E-state index in [2.05, 4.69) is 5.32 Å². The van der Waals surface area contributed by atoms with Gasteiger partial charge >= 0.3 is 0 Å². The van der Waals surface area contributed by atoms with Crippen LogP contribution in [0.5, 0.6) is 5.75 Å². The lowest BCUT2D eigenvalue weighted by Crippen LogP contribution is -2.50. The van der Waals surface area contributed by atoms with E-state index in [1.807, 2.05) is 44.2 Å². The van der Waals surface area contributed by atoms with E-state index in [9.17, 15) is 9.59 Å². The summed E-state index contributed by atoms with van der Waals surface area (Å²) in [6, 6.07) is 14.6. The summed E-state index contributed by atoms with van der Waals surface area (Å²) in [7, 11) is 0. The molecule has 2 rings (SSSR count). The first-order valence-electron chi connectivity index (χ1n) is 9.92. The summed E-state index contributed by atoms with van der Waals surface area (Å²) >= 11 is 6.04. The maximum absolute atomic E-state index is 12.9. The van der Waals surface area contributed by atoms with Gasteiger partial charge in [0.05, 0.1) is 0 Å². The molecule has 2 amide bonds. The summed E-state index contributed by atoms with van der Waals surface area (Å²) in [6.45, 7) is 6.51. The molecule has 0 aromatic heterocycles. The van der Waals surface area contributed by atoms with Crippen molar-refractivity contribution in [3.05, 3.63) is 64.7 Å². The van der Waals surface area contributed by atoms with Crippen molar-refractivity contribution in [3.63, 3.8) is 0 Å². The van der Waals surface area contributed by atoms with Crippen molar-refractivity contribution in [2.24, 2.45) is 0 Å². The monoisotopic (exact) mass is 416 g/mol. The molecule has 5 nitrogen and oxygen atoms in total. The van der Waals surface area contributed by atoms with Crippen LogP contribution in [0.25, 0.3) is 0 Å². The third kappa shape index (κ3) is 7.09. The van der Waals surface area contributed by atoms with E-state index in [0.717, 1.165) is 17.5 Å². The van der Waals surface area contributed by atoms with Gasteiger partial charge in [0, 0.05) is 18.1 Å². The van der Waals surface area contributed by atoms with Gasteiger partial charge in [0.15, 0.2) is 6.61 Å². The summed E-state index contributed by atoms with van der Waals surface area (Å²) in [5.74, 6) is 0.189. The van der Waals surface area contributed by atoms with E-state index in [0.29, 0.717) is 30.3 Å². The molecule has 0 radical (unpaired) electrons. The van der Waals surface area contributed by atoms with Crippen molar-refractivity contribution >= 4 is 23.4 Å². The predicted molar refractivity (Wildman–Crippen MR) is 116 cm³/mol. The molecule has 29 heavy (non-hydrogen) atoms. The van der Waals surface area contributed by atoms with Gasteiger partial charge in [-0.2, -0.15) is 0 Å². The van der Waals surface area contributed by atoms with Gasteiger partial charge in [0.2, 0.25) is 5.91 Å². The molecule has 1 atom stereocenters. The van der Waals surface area contributed by atoms with Crippen LogP contribution in [0.2, 0.25) is 5.02 Å². The van der Waals surface area contributed by atoms with Crippen LogP contribution < -0.4 is 10.1 Å². The Morgan fingerprint density at radius 3 is 2.55 bits per heavy atom. The normalized spacial score (nSPS) is 11.6. The highest BCUT2D eigenvalue weighted by atomic mass is 35.5. The van der Waals surface area contributed by atoms with Crippen LogP contribution in [-0.2, 0) is 16.0 Å². The van der Waals surface area contributed by atoms with Crippen LogP contribution >= 0.6 is 11.6 Å². The molecule has 1 N–H and O–H groups in total. The van der Waals surface area contributed by atoms with Gasteiger partial charge in [-0.3, -0.25) is 9.59 Å². The number of benzene rings is 2. The van der Waals surface area contributed by atoms with Crippen LogP contribution in [0.1, 0.15) is 31.4 Å². The highest BCUT2D eigenvalue weighted by molar-refractivity contribution is 6.31. The average Bonchev–Trinajstić information content (AvgIpc) is 2.73. The van der Waals surface area contributed by atoms with Crippen molar-refractivity contribution in [2.75, 3.05) is 19.7 Å². The van der Waals surface area contributed by atoms with Crippen LogP contribution in [0.4, 0.5) is 0 Å². The lowest BCUT2D eigenvalue weighted by molar-refractivity contribution is -0.141. The van der Waals surface area contributed by atoms with Crippen molar-refractivity contribution in [2.45, 2.75) is 39.7 Å². The van der Waals surface area contributed by atoms with Crippen molar-refractivity contribution in [3.8, 4) is 5.75 Å². The smallest absolute Gasteiger partial charge is 0.261 e. The highest BCUT2D eigenvalue weighted by Gasteiger charge is 2.25. The molecule has 0 saturated heterocycles. The van der Waals surface area contributed by atoms with Crippen LogP contribution in [-0.4, -0.2) is 42.5 Å². The van der Waals surface area contributed by atoms with E-state index in [4.69, 9.17) is 16.3 Å².